The summed E-state index contributed by atoms with van der Waals surface area (Å²) in [5.74, 6) is 1.53. The number of aryl methyl sites for hydroxylation is 2. The van der Waals surface area contributed by atoms with Crippen molar-refractivity contribution in [3.8, 4) is 0 Å². The number of imidazole rings is 1. The average Bonchev–Trinajstić information content (AvgIpc) is 3.27. The molecule has 3 aromatic rings. The van der Waals surface area contributed by atoms with E-state index in [2.05, 4.69) is 36.6 Å². The van der Waals surface area contributed by atoms with E-state index in [1.54, 1.807) is 5.51 Å². The van der Waals surface area contributed by atoms with Crippen LogP contribution in [0.3, 0.4) is 0 Å². The van der Waals surface area contributed by atoms with Gasteiger partial charge in [-0.3, -0.25) is 4.90 Å². The van der Waals surface area contributed by atoms with E-state index in [0.29, 0.717) is 0 Å². The van der Waals surface area contributed by atoms with E-state index in [1.807, 2.05) is 30.9 Å². The molecule has 1 aliphatic rings. The molecule has 1 atom stereocenters. The molecule has 0 spiro atoms. The SMILES string of the molecule is Cc1nc(Nc2nncs2)cc(C2CCCCN2Cc2cn(C)cn2)n1. The second-order valence-corrected chi connectivity index (χ2v) is 7.44. The fourth-order valence-corrected chi connectivity index (χ4v) is 3.89. The molecule has 0 saturated carbocycles. The van der Waals surface area contributed by atoms with Gasteiger partial charge in [-0.05, 0) is 26.3 Å². The van der Waals surface area contributed by atoms with Crippen molar-refractivity contribution in [3.63, 3.8) is 0 Å². The average molecular weight is 370 g/mol. The molecule has 9 heteroatoms. The number of hydrogen-bond donors (Lipinski definition) is 1. The molecule has 1 unspecified atom stereocenters. The van der Waals surface area contributed by atoms with Crippen LogP contribution in [0.15, 0.2) is 24.1 Å². The van der Waals surface area contributed by atoms with Crippen LogP contribution in [-0.4, -0.2) is 41.2 Å². The summed E-state index contributed by atoms with van der Waals surface area (Å²) >= 11 is 1.45. The molecular weight excluding hydrogens is 348 g/mol. The first-order chi connectivity index (χ1) is 12.7. The summed E-state index contributed by atoms with van der Waals surface area (Å²) in [6, 6.07) is 2.32. The second kappa shape index (κ2) is 7.46. The van der Waals surface area contributed by atoms with E-state index >= 15 is 0 Å². The van der Waals surface area contributed by atoms with Crippen molar-refractivity contribution >= 4 is 22.3 Å². The summed E-state index contributed by atoms with van der Waals surface area (Å²) in [6.07, 6.45) is 7.46. The molecule has 4 rings (SSSR count). The Bertz CT molecular complexity index is 860. The number of nitrogens with one attached hydrogen (secondary N) is 1. The van der Waals surface area contributed by atoms with Gasteiger partial charge in [-0.2, -0.15) is 0 Å². The van der Waals surface area contributed by atoms with Crippen LogP contribution in [0, 0.1) is 6.92 Å². The highest BCUT2D eigenvalue weighted by Gasteiger charge is 2.26. The lowest BCUT2D eigenvalue weighted by Gasteiger charge is -2.35. The number of anilines is 2. The topological polar surface area (TPSA) is 84.7 Å². The number of rotatable bonds is 5. The second-order valence-electron chi connectivity index (χ2n) is 6.61. The number of hydrogen-bond acceptors (Lipinski definition) is 8. The van der Waals surface area contributed by atoms with Crippen LogP contribution in [-0.2, 0) is 13.6 Å². The molecule has 1 N–H and O–H groups in total. The Balaban J connectivity index is 1.58. The summed E-state index contributed by atoms with van der Waals surface area (Å²) in [6.45, 7) is 3.83. The summed E-state index contributed by atoms with van der Waals surface area (Å²) in [5, 5.41) is 11.9. The van der Waals surface area contributed by atoms with E-state index in [4.69, 9.17) is 4.98 Å². The highest BCUT2D eigenvalue weighted by atomic mass is 32.1. The van der Waals surface area contributed by atoms with Gasteiger partial charge in [-0.1, -0.05) is 17.8 Å². The maximum absolute atomic E-state index is 4.73. The largest absolute Gasteiger partial charge is 0.340 e. The van der Waals surface area contributed by atoms with E-state index < -0.39 is 0 Å². The zero-order valence-corrected chi connectivity index (χ0v) is 15.8. The van der Waals surface area contributed by atoms with Crippen LogP contribution in [0.25, 0.3) is 0 Å². The van der Waals surface area contributed by atoms with Crippen molar-refractivity contribution in [2.24, 2.45) is 7.05 Å². The van der Waals surface area contributed by atoms with Gasteiger partial charge in [0.05, 0.1) is 23.8 Å². The standard InChI is InChI=1S/C17H22N8S/c1-12-20-14(7-16(21-12)22-17-23-19-11-26-17)15-5-3-4-6-25(15)9-13-8-24(2)10-18-13/h7-8,10-11,15H,3-6,9H2,1-2H3,(H,20,21,22,23). The monoisotopic (exact) mass is 370 g/mol. The Morgan fingerprint density at radius 2 is 2.23 bits per heavy atom. The molecule has 1 fully saturated rings. The third-order valence-electron chi connectivity index (χ3n) is 4.53. The van der Waals surface area contributed by atoms with Crippen LogP contribution in [0.4, 0.5) is 10.9 Å². The van der Waals surface area contributed by atoms with Crippen molar-refractivity contribution in [1.29, 1.82) is 0 Å². The maximum Gasteiger partial charge on any atom is 0.210 e. The third-order valence-corrected chi connectivity index (χ3v) is 5.14. The minimum atomic E-state index is 0.280. The van der Waals surface area contributed by atoms with Crippen LogP contribution in [0.5, 0.6) is 0 Å². The molecule has 0 bridgehead atoms. The van der Waals surface area contributed by atoms with Crippen molar-refractivity contribution < 1.29 is 0 Å². The Kier molecular flexibility index (Phi) is 4.89. The van der Waals surface area contributed by atoms with Gasteiger partial charge in [-0.15, -0.1) is 10.2 Å². The van der Waals surface area contributed by atoms with Crippen LogP contribution >= 0.6 is 11.3 Å². The lowest BCUT2D eigenvalue weighted by Crippen LogP contribution is -2.33. The number of aromatic nitrogens is 6. The van der Waals surface area contributed by atoms with Gasteiger partial charge in [0, 0.05) is 25.9 Å². The van der Waals surface area contributed by atoms with Gasteiger partial charge in [0.25, 0.3) is 0 Å². The molecule has 0 aliphatic carbocycles. The minimum absolute atomic E-state index is 0.280. The quantitative estimate of drug-likeness (QED) is 0.739. The molecule has 8 nitrogen and oxygen atoms in total. The van der Waals surface area contributed by atoms with Crippen molar-refractivity contribution in [3.05, 3.63) is 41.3 Å². The van der Waals surface area contributed by atoms with Gasteiger partial charge in [0.1, 0.15) is 17.2 Å². The highest BCUT2D eigenvalue weighted by Crippen LogP contribution is 2.32. The van der Waals surface area contributed by atoms with E-state index in [-0.39, 0.29) is 6.04 Å². The minimum Gasteiger partial charge on any atom is -0.340 e. The molecule has 0 radical (unpaired) electrons. The Morgan fingerprint density at radius 1 is 1.31 bits per heavy atom. The van der Waals surface area contributed by atoms with E-state index in [1.165, 1.54) is 24.2 Å². The normalized spacial score (nSPS) is 18.2. The third kappa shape index (κ3) is 3.88. The van der Waals surface area contributed by atoms with E-state index in [9.17, 15) is 0 Å². The van der Waals surface area contributed by atoms with Crippen LogP contribution in [0.2, 0.25) is 0 Å². The highest BCUT2D eigenvalue weighted by molar-refractivity contribution is 7.13. The Morgan fingerprint density at radius 3 is 3.00 bits per heavy atom. The summed E-state index contributed by atoms with van der Waals surface area (Å²) in [4.78, 5) is 16.2. The maximum atomic E-state index is 4.73. The Labute approximate surface area is 156 Å². The van der Waals surface area contributed by atoms with Gasteiger partial charge in [-0.25, -0.2) is 15.0 Å². The van der Waals surface area contributed by atoms with Gasteiger partial charge >= 0.3 is 0 Å². The van der Waals surface area contributed by atoms with Crippen LogP contribution in [0.1, 0.15) is 42.5 Å². The number of nitrogens with zero attached hydrogens (tertiary/aromatic N) is 7. The first kappa shape index (κ1) is 17.0. The first-order valence-corrected chi connectivity index (χ1v) is 9.65. The molecule has 0 aromatic carbocycles. The molecule has 1 saturated heterocycles. The van der Waals surface area contributed by atoms with Gasteiger partial charge < -0.3 is 9.88 Å². The van der Waals surface area contributed by atoms with Crippen LogP contribution < -0.4 is 5.32 Å². The predicted molar refractivity (Wildman–Crippen MR) is 100 cm³/mol. The molecule has 136 valence electrons. The van der Waals surface area contributed by atoms with Crippen molar-refractivity contribution in [2.45, 2.75) is 38.8 Å². The lowest BCUT2D eigenvalue weighted by atomic mass is 9.98. The molecule has 1 aliphatic heterocycles. The fourth-order valence-electron chi connectivity index (χ4n) is 3.43. The van der Waals surface area contributed by atoms with Gasteiger partial charge in [0.15, 0.2) is 0 Å². The van der Waals surface area contributed by atoms with Gasteiger partial charge in [0.2, 0.25) is 5.13 Å². The summed E-state index contributed by atoms with van der Waals surface area (Å²) < 4.78 is 1.99. The number of likely N-dealkylation sites (tertiary alicyclic amines) is 1. The fraction of sp³-hybridized carbons (Fsp3) is 0.471. The van der Waals surface area contributed by atoms with E-state index in [0.717, 1.165) is 47.7 Å². The predicted octanol–water partition coefficient (Wildman–Crippen LogP) is 2.84. The summed E-state index contributed by atoms with van der Waals surface area (Å²) in [5.41, 5.74) is 3.85. The zero-order valence-electron chi connectivity index (χ0n) is 15.0. The Hall–Kier alpha value is -2.39. The summed E-state index contributed by atoms with van der Waals surface area (Å²) in [7, 11) is 2.00. The first-order valence-electron chi connectivity index (χ1n) is 8.77. The lowest BCUT2D eigenvalue weighted by molar-refractivity contribution is 0.135. The molecule has 0 amide bonds. The molecule has 4 heterocycles. The molecule has 26 heavy (non-hydrogen) atoms. The smallest absolute Gasteiger partial charge is 0.210 e. The molecule has 3 aromatic heterocycles. The zero-order chi connectivity index (χ0) is 17.9. The molecular formula is C17H22N8S. The van der Waals surface area contributed by atoms with Crippen molar-refractivity contribution in [1.82, 2.24) is 34.6 Å². The van der Waals surface area contributed by atoms with Crippen molar-refractivity contribution in [2.75, 3.05) is 11.9 Å². The number of piperidine rings is 1.